The van der Waals surface area contributed by atoms with E-state index >= 15 is 0 Å². The van der Waals surface area contributed by atoms with Crippen LogP contribution >= 0.6 is 27.5 Å². The highest BCUT2D eigenvalue weighted by molar-refractivity contribution is 9.10. The number of carbonyl (C=O) groups is 1. The quantitative estimate of drug-likeness (QED) is 0.840. The number of aromatic carboxylic acids is 1. The summed E-state index contributed by atoms with van der Waals surface area (Å²) in [6.45, 7) is 0.0829. The first kappa shape index (κ1) is 14.7. The van der Waals surface area contributed by atoms with Gasteiger partial charge in [0.15, 0.2) is 0 Å². The Morgan fingerprint density at radius 3 is 2.80 bits per heavy atom. The van der Waals surface area contributed by atoms with Crippen molar-refractivity contribution < 1.29 is 19.0 Å². The minimum atomic E-state index is -1.05. The highest BCUT2D eigenvalue weighted by Gasteiger charge is 2.09. The van der Waals surface area contributed by atoms with E-state index in [1.165, 1.54) is 24.4 Å². The van der Waals surface area contributed by atoms with Gasteiger partial charge in [-0.2, -0.15) is 0 Å². The molecule has 0 spiro atoms. The molecule has 1 aromatic heterocycles. The van der Waals surface area contributed by atoms with Gasteiger partial charge in [-0.05, 0) is 34.1 Å². The predicted octanol–water partition coefficient (Wildman–Crippen LogP) is 3.91. The molecule has 4 nitrogen and oxygen atoms in total. The second-order valence-electron chi connectivity index (χ2n) is 3.83. The third kappa shape index (κ3) is 3.46. The number of aromatic nitrogens is 1. The molecule has 0 aliphatic carbocycles. The Bertz CT molecular complexity index is 649. The van der Waals surface area contributed by atoms with Gasteiger partial charge < -0.3 is 9.84 Å². The Hall–Kier alpha value is -1.66. The van der Waals surface area contributed by atoms with Crippen LogP contribution in [0.4, 0.5) is 4.39 Å². The highest BCUT2D eigenvalue weighted by atomic mass is 79.9. The van der Waals surface area contributed by atoms with Crippen molar-refractivity contribution in [1.29, 1.82) is 0 Å². The van der Waals surface area contributed by atoms with Crippen molar-refractivity contribution in [3.05, 3.63) is 57.0 Å². The molecule has 0 saturated heterocycles. The minimum Gasteiger partial charge on any atom is -0.486 e. The molecule has 1 aromatic carbocycles. The second-order valence-corrected chi connectivity index (χ2v) is 5.09. The number of pyridine rings is 1. The van der Waals surface area contributed by atoms with Crippen LogP contribution in [-0.2, 0) is 6.61 Å². The van der Waals surface area contributed by atoms with Crippen LogP contribution in [0.2, 0.25) is 5.02 Å². The number of benzene rings is 1. The standard InChI is InChI=1S/C13H8BrClFNO3/c14-9-3-10(15)11(16)4-12(9)20-6-8-2-1-7(5-17-8)13(18)19/h1-5H,6H2,(H,18,19). The summed E-state index contributed by atoms with van der Waals surface area (Å²) < 4.78 is 19.2. The fraction of sp³-hybridized carbons (Fsp3) is 0.0769. The van der Waals surface area contributed by atoms with E-state index in [4.69, 9.17) is 21.4 Å². The van der Waals surface area contributed by atoms with Crippen LogP contribution < -0.4 is 4.74 Å². The van der Waals surface area contributed by atoms with E-state index in [1.807, 2.05) is 0 Å². The van der Waals surface area contributed by atoms with Crippen LogP contribution in [0.5, 0.6) is 5.75 Å². The van der Waals surface area contributed by atoms with Gasteiger partial charge in [0.1, 0.15) is 18.2 Å². The van der Waals surface area contributed by atoms with Crippen LogP contribution in [0, 0.1) is 5.82 Å². The van der Waals surface area contributed by atoms with Gasteiger partial charge in [-0.15, -0.1) is 0 Å². The summed E-state index contributed by atoms with van der Waals surface area (Å²) in [5, 5.41) is 8.74. The van der Waals surface area contributed by atoms with Crippen molar-refractivity contribution in [3.63, 3.8) is 0 Å². The number of halogens is 3. The first-order chi connectivity index (χ1) is 9.47. The normalized spacial score (nSPS) is 10.3. The third-order valence-corrected chi connectivity index (χ3v) is 3.33. The molecule has 0 atom stereocenters. The van der Waals surface area contributed by atoms with Gasteiger partial charge >= 0.3 is 5.97 Å². The van der Waals surface area contributed by atoms with Crippen molar-refractivity contribution in [2.75, 3.05) is 0 Å². The topological polar surface area (TPSA) is 59.4 Å². The monoisotopic (exact) mass is 359 g/mol. The molecule has 0 bridgehead atoms. The zero-order valence-electron chi connectivity index (χ0n) is 9.94. The molecule has 0 radical (unpaired) electrons. The summed E-state index contributed by atoms with van der Waals surface area (Å²) in [4.78, 5) is 14.6. The van der Waals surface area contributed by atoms with Crippen molar-refractivity contribution in [3.8, 4) is 5.75 Å². The first-order valence-corrected chi connectivity index (χ1v) is 6.60. The van der Waals surface area contributed by atoms with Crippen LogP contribution in [0.1, 0.15) is 16.1 Å². The average molecular weight is 361 g/mol. The SMILES string of the molecule is O=C(O)c1ccc(COc2cc(F)c(Cl)cc2Br)nc1. The first-order valence-electron chi connectivity index (χ1n) is 5.43. The summed E-state index contributed by atoms with van der Waals surface area (Å²) in [5.74, 6) is -1.34. The molecule has 0 aliphatic heterocycles. The lowest BCUT2D eigenvalue weighted by atomic mass is 10.2. The number of carboxylic acid groups (broad SMARTS) is 1. The molecular weight excluding hydrogens is 353 g/mol. The van der Waals surface area contributed by atoms with Gasteiger partial charge in [-0.3, -0.25) is 4.98 Å². The Labute approximate surface area is 127 Å². The maximum absolute atomic E-state index is 13.3. The zero-order valence-corrected chi connectivity index (χ0v) is 12.3. The minimum absolute atomic E-state index is 0.00633. The fourth-order valence-corrected chi connectivity index (χ4v) is 2.16. The van der Waals surface area contributed by atoms with E-state index in [9.17, 15) is 9.18 Å². The molecule has 0 unspecified atom stereocenters. The van der Waals surface area contributed by atoms with Crippen molar-refractivity contribution in [2.45, 2.75) is 6.61 Å². The number of carboxylic acids is 1. The lowest BCUT2D eigenvalue weighted by Crippen LogP contribution is -2.02. The summed E-state index contributed by atoms with van der Waals surface area (Å²) >= 11 is 8.83. The van der Waals surface area contributed by atoms with Crippen molar-refractivity contribution in [2.24, 2.45) is 0 Å². The molecule has 2 aromatic rings. The summed E-state index contributed by atoms with van der Waals surface area (Å²) in [6.07, 6.45) is 1.23. The Morgan fingerprint density at radius 2 is 2.20 bits per heavy atom. The number of rotatable bonds is 4. The summed E-state index contributed by atoms with van der Waals surface area (Å²) in [6, 6.07) is 5.51. The number of hydrogen-bond donors (Lipinski definition) is 1. The van der Waals surface area contributed by atoms with E-state index in [1.54, 1.807) is 0 Å². The van der Waals surface area contributed by atoms with E-state index in [0.717, 1.165) is 6.07 Å². The molecule has 1 heterocycles. The number of hydrogen-bond acceptors (Lipinski definition) is 3. The number of nitrogens with zero attached hydrogens (tertiary/aromatic N) is 1. The summed E-state index contributed by atoms with van der Waals surface area (Å²) in [5.41, 5.74) is 0.615. The Balaban J connectivity index is 2.09. The third-order valence-electron chi connectivity index (χ3n) is 2.42. The lowest BCUT2D eigenvalue weighted by Gasteiger charge is -2.08. The van der Waals surface area contributed by atoms with E-state index in [2.05, 4.69) is 20.9 Å². The molecule has 0 fully saturated rings. The summed E-state index contributed by atoms with van der Waals surface area (Å²) in [7, 11) is 0. The molecular formula is C13H8BrClFNO3. The van der Waals surface area contributed by atoms with Gasteiger partial charge in [0.2, 0.25) is 0 Å². The molecule has 0 amide bonds. The van der Waals surface area contributed by atoms with Gasteiger partial charge in [-0.1, -0.05) is 11.6 Å². The highest BCUT2D eigenvalue weighted by Crippen LogP contribution is 2.30. The van der Waals surface area contributed by atoms with Gasteiger partial charge in [-0.25, -0.2) is 9.18 Å². The molecule has 20 heavy (non-hydrogen) atoms. The predicted molar refractivity (Wildman–Crippen MR) is 74.6 cm³/mol. The molecule has 104 valence electrons. The van der Waals surface area contributed by atoms with E-state index in [0.29, 0.717) is 10.2 Å². The Morgan fingerprint density at radius 1 is 1.45 bits per heavy atom. The van der Waals surface area contributed by atoms with Gasteiger partial charge in [0.05, 0.1) is 20.8 Å². The van der Waals surface area contributed by atoms with Crippen molar-refractivity contribution >= 4 is 33.5 Å². The smallest absolute Gasteiger partial charge is 0.337 e. The molecule has 7 heteroatoms. The van der Waals surface area contributed by atoms with E-state index in [-0.39, 0.29) is 22.9 Å². The van der Waals surface area contributed by atoms with Crippen LogP contribution in [0.25, 0.3) is 0 Å². The molecule has 0 aliphatic rings. The van der Waals surface area contributed by atoms with Crippen LogP contribution in [0.15, 0.2) is 34.9 Å². The van der Waals surface area contributed by atoms with Gasteiger partial charge in [0.25, 0.3) is 0 Å². The maximum Gasteiger partial charge on any atom is 0.337 e. The molecule has 1 N–H and O–H groups in total. The zero-order chi connectivity index (χ0) is 14.7. The van der Waals surface area contributed by atoms with Crippen molar-refractivity contribution in [1.82, 2.24) is 4.98 Å². The lowest BCUT2D eigenvalue weighted by molar-refractivity contribution is 0.0696. The fourth-order valence-electron chi connectivity index (χ4n) is 1.40. The molecule has 2 rings (SSSR count). The van der Waals surface area contributed by atoms with Crippen LogP contribution in [0.3, 0.4) is 0 Å². The largest absolute Gasteiger partial charge is 0.486 e. The Kier molecular flexibility index (Phi) is 4.57. The van der Waals surface area contributed by atoms with Crippen LogP contribution in [-0.4, -0.2) is 16.1 Å². The van der Waals surface area contributed by atoms with E-state index < -0.39 is 11.8 Å². The second kappa shape index (κ2) is 6.19. The van der Waals surface area contributed by atoms with Gasteiger partial charge in [0, 0.05) is 12.3 Å². The number of ether oxygens (including phenoxy) is 1. The molecule has 0 saturated carbocycles. The average Bonchev–Trinajstić information content (AvgIpc) is 2.42. The maximum atomic E-state index is 13.3.